The molecule has 0 bridgehead atoms. The van der Waals surface area contributed by atoms with Crippen LogP contribution in [0.2, 0.25) is 0 Å². The fourth-order valence-corrected chi connectivity index (χ4v) is 6.70. The highest BCUT2D eigenvalue weighted by Crippen LogP contribution is 2.40. The second-order valence-corrected chi connectivity index (χ2v) is 12.8. The van der Waals surface area contributed by atoms with E-state index < -0.39 is 335 Å². The van der Waals surface area contributed by atoms with E-state index in [0.29, 0.717) is 9.13 Å². The molecule has 62 heavy (non-hydrogen) atoms. The molecule has 0 saturated heterocycles. The van der Waals surface area contributed by atoms with E-state index in [1.54, 1.807) is 0 Å². The zero-order chi connectivity index (χ0) is 73.2. The van der Waals surface area contributed by atoms with Gasteiger partial charge in [-0.1, -0.05) is 181 Å². The zero-order valence-electron chi connectivity index (χ0n) is 67.7. The van der Waals surface area contributed by atoms with Gasteiger partial charge in [0.15, 0.2) is 17.5 Å². The summed E-state index contributed by atoms with van der Waals surface area (Å²) in [6, 6.07) is -39.6. The van der Waals surface area contributed by atoms with E-state index in [1.807, 2.05) is 0 Å². The Kier molecular flexibility index (Phi) is 3.40. The molecule has 0 unspecified atom stereocenters. The minimum absolute atomic E-state index is 0.552. The van der Waals surface area contributed by atoms with Crippen molar-refractivity contribution in [3.8, 4) is 67.8 Å². The molecule has 290 valence electrons. The van der Waals surface area contributed by atoms with Gasteiger partial charge in [0, 0.05) is 43.9 Å². The Balaban J connectivity index is 1.37. The van der Waals surface area contributed by atoms with Crippen LogP contribution in [0.4, 0.5) is 0 Å². The maximum absolute atomic E-state index is 10.5. The highest BCUT2D eigenvalue weighted by molar-refractivity contribution is 6.12. The minimum atomic E-state index is -1.34. The van der Waals surface area contributed by atoms with Crippen molar-refractivity contribution in [3.05, 3.63) is 224 Å². The van der Waals surface area contributed by atoms with Crippen molar-refractivity contribution in [2.75, 3.05) is 0 Å². The molecule has 0 aliphatic rings. The minimum Gasteiger partial charge on any atom is -0.309 e. The second-order valence-electron chi connectivity index (χ2n) is 12.8. The van der Waals surface area contributed by atoms with Crippen LogP contribution in [0.15, 0.2) is 224 Å². The summed E-state index contributed by atoms with van der Waals surface area (Å²) in [6.07, 6.45) is 0. The molecule has 3 aromatic heterocycles. The Labute approximate surface area is 410 Å². The van der Waals surface area contributed by atoms with E-state index in [0.717, 1.165) is 0 Å². The number of rotatable bonds is 7. The molecular formula is C57H37N5. The van der Waals surface area contributed by atoms with Gasteiger partial charge in [0.1, 0.15) is 0 Å². The lowest BCUT2D eigenvalue weighted by atomic mass is 10.0. The molecule has 0 atom stereocenters. The first kappa shape index (κ1) is 14.4. The monoisotopic (exact) mass is 829 g/mol. The van der Waals surface area contributed by atoms with Crippen LogP contribution >= 0.6 is 0 Å². The van der Waals surface area contributed by atoms with Gasteiger partial charge in [0.2, 0.25) is 0 Å². The molecule has 0 aliphatic heterocycles. The summed E-state index contributed by atoms with van der Waals surface area (Å²) in [6.45, 7) is 0. The summed E-state index contributed by atoms with van der Waals surface area (Å²) in [5.74, 6) is -3.41. The normalized spacial score (nSPS) is 19.9. The molecule has 0 aliphatic carbocycles. The molecule has 0 radical (unpaired) electrons. The fourth-order valence-electron chi connectivity index (χ4n) is 6.70. The van der Waals surface area contributed by atoms with Crippen LogP contribution in [0.5, 0.6) is 0 Å². The first-order chi connectivity index (χ1) is 46.1. The number of fused-ring (bicyclic) bond motifs is 6. The van der Waals surface area contributed by atoms with E-state index in [4.69, 9.17) is 31.5 Å². The van der Waals surface area contributed by atoms with Gasteiger partial charge >= 0.3 is 0 Å². The molecule has 0 spiro atoms. The Hall–Kier alpha value is -8.41. The number of hydrogen-bond acceptors (Lipinski definition) is 3. The molecule has 9 aromatic carbocycles. The average Bonchev–Trinajstić information content (AvgIpc) is 1.50. The van der Waals surface area contributed by atoms with Gasteiger partial charge in [-0.15, -0.1) is 0 Å². The van der Waals surface area contributed by atoms with Gasteiger partial charge in [-0.3, -0.25) is 0 Å². The molecule has 3 heterocycles. The topological polar surface area (TPSA) is 48.5 Å². The summed E-state index contributed by atoms with van der Waals surface area (Å²) >= 11 is 0. The van der Waals surface area contributed by atoms with Gasteiger partial charge in [-0.05, 0) is 64.6 Å². The van der Waals surface area contributed by atoms with Gasteiger partial charge in [-0.25, -0.2) is 15.0 Å². The van der Waals surface area contributed by atoms with Gasteiger partial charge in [0.05, 0.1) is 78.5 Å². The lowest BCUT2D eigenvalue weighted by Crippen LogP contribution is -2.04. The Morgan fingerprint density at radius 2 is 0.694 bits per heavy atom. The fraction of sp³-hybridized carbons (Fsp3) is 0. The van der Waals surface area contributed by atoms with Gasteiger partial charge in [0.25, 0.3) is 0 Å². The van der Waals surface area contributed by atoms with E-state index in [2.05, 4.69) is 15.0 Å². The molecule has 0 saturated carbocycles. The largest absolute Gasteiger partial charge is 0.309 e. The molecule has 12 rings (SSSR count). The van der Waals surface area contributed by atoms with Gasteiger partial charge in [-0.2, -0.15) is 0 Å². The average molecular weight is 829 g/mol. The Bertz CT molecular complexity index is 5650. The third-order valence-corrected chi connectivity index (χ3v) is 9.35. The zero-order valence-corrected chi connectivity index (χ0v) is 30.7. The third-order valence-electron chi connectivity index (χ3n) is 9.35. The quantitative estimate of drug-likeness (QED) is 0.161. The van der Waals surface area contributed by atoms with E-state index in [9.17, 15) is 19.2 Å². The van der Waals surface area contributed by atoms with E-state index >= 15 is 0 Å². The highest BCUT2D eigenvalue weighted by atomic mass is 15.1. The number of para-hydroxylation sites is 3. The van der Waals surface area contributed by atoms with Crippen molar-refractivity contribution >= 4 is 43.6 Å². The predicted octanol–water partition coefficient (Wildman–Crippen LogP) is 14.4. The van der Waals surface area contributed by atoms with Gasteiger partial charge < -0.3 is 9.13 Å². The standard InChI is InChI=1S/C57H37N5/c1-4-16-38(17-5-1)40-28-30-42(31-29-40)56-58-55(41-20-8-3-9-21-41)59-57(60-56)49-34-32-43(39-18-6-2-7-19-39)36-53(49)62-52-27-15-12-24-47(52)48-35-33-44(37-54(48)62)61-50-25-13-10-22-45(50)46-23-11-14-26-51(46)61/h1-37H/i1D,2D,3D,4D,5D,6D,7D,8D,9D,10D,11D,12D,13D,14D,15D,16D,17D,18D,19D,20D,21D,22D,23D,24D,25D,26D,27D,28D,29D,30D,31D,32D,33D,34D,35D,36D,37D. The molecule has 0 amide bonds. The SMILES string of the molecule is [2H]c1c([2H])c([2H])c(-c2nc(-c3c([2H])c([2H])c(-c4c([2H])c([2H])c([2H])c([2H])c4[2H])c([2H])c3[2H])nc(-c3c([2H])c([2H])c(-c4c([2H])c([2H])c([2H])c([2H])c4[2H])c([2H])c3-n3c4c([2H])c([2H])c([2H])c([2H])c4c4c([2H])c([2H])c(-n5c6c([2H])c([2H])c([2H])c([2H])c6c6c([2H])c([2H])c([2H])c([2H])c65)c([2H])c43)n2)c([2H])c1[2H]. The summed E-state index contributed by atoms with van der Waals surface area (Å²) in [4.78, 5) is 13.2. The number of benzene rings is 9. The summed E-state index contributed by atoms with van der Waals surface area (Å²) < 4.78 is 338. The van der Waals surface area contributed by atoms with Crippen LogP contribution < -0.4 is 0 Å². The van der Waals surface area contributed by atoms with Crippen molar-refractivity contribution in [1.82, 2.24) is 24.1 Å². The van der Waals surface area contributed by atoms with E-state index in [1.165, 1.54) is 0 Å². The summed E-state index contributed by atoms with van der Waals surface area (Å²) in [7, 11) is 0. The maximum Gasteiger partial charge on any atom is 0.166 e. The lowest BCUT2D eigenvalue weighted by molar-refractivity contribution is 1.06. The molecule has 0 N–H and O–H groups in total. The Morgan fingerprint density at radius 3 is 1.27 bits per heavy atom. The maximum atomic E-state index is 10.5. The molecule has 12 aromatic rings. The van der Waals surface area contributed by atoms with Crippen LogP contribution in [-0.2, 0) is 0 Å². The summed E-state index contributed by atoms with van der Waals surface area (Å²) in [5.41, 5.74) is -12.5. The van der Waals surface area contributed by atoms with E-state index in [-0.39, 0.29) is 0 Å². The molecule has 5 nitrogen and oxygen atoms in total. The van der Waals surface area contributed by atoms with Crippen LogP contribution in [0.25, 0.3) is 111 Å². The number of aromatic nitrogens is 5. The number of nitrogens with zero attached hydrogens (tertiary/aromatic N) is 5. The van der Waals surface area contributed by atoms with Crippen molar-refractivity contribution in [2.45, 2.75) is 0 Å². The third kappa shape index (κ3) is 5.98. The second kappa shape index (κ2) is 14.7. The molecule has 0 fully saturated rings. The first-order valence-electron chi connectivity index (χ1n) is 36.4. The van der Waals surface area contributed by atoms with Crippen LogP contribution in [-0.4, -0.2) is 24.1 Å². The Morgan fingerprint density at radius 1 is 0.290 bits per heavy atom. The molecule has 5 heteroatoms. The van der Waals surface area contributed by atoms with Crippen molar-refractivity contribution in [1.29, 1.82) is 0 Å². The van der Waals surface area contributed by atoms with Crippen molar-refractivity contribution in [3.63, 3.8) is 0 Å². The first-order valence-corrected chi connectivity index (χ1v) is 17.9. The molecular weight excluding hydrogens is 755 g/mol. The van der Waals surface area contributed by atoms with Crippen LogP contribution in [0.1, 0.15) is 50.7 Å². The smallest absolute Gasteiger partial charge is 0.166 e. The van der Waals surface area contributed by atoms with Crippen LogP contribution in [0, 0.1) is 0 Å². The summed E-state index contributed by atoms with van der Waals surface area (Å²) in [5, 5.41) is -2.83. The highest BCUT2D eigenvalue weighted by Gasteiger charge is 2.22. The van der Waals surface area contributed by atoms with Crippen molar-refractivity contribution in [2.24, 2.45) is 0 Å². The predicted molar refractivity (Wildman–Crippen MR) is 256 cm³/mol. The van der Waals surface area contributed by atoms with Crippen LogP contribution in [0.3, 0.4) is 0 Å². The lowest BCUT2D eigenvalue weighted by Gasteiger charge is -2.17. The van der Waals surface area contributed by atoms with Crippen molar-refractivity contribution < 1.29 is 50.7 Å². The number of hydrogen-bond donors (Lipinski definition) is 0.